The highest BCUT2D eigenvalue weighted by Gasteiger charge is 2.29. The fraction of sp³-hybridized carbons (Fsp3) is 0.667. The summed E-state index contributed by atoms with van der Waals surface area (Å²) in [5, 5.41) is 10.8. The van der Waals surface area contributed by atoms with Gasteiger partial charge in [0, 0.05) is 12.7 Å². The number of para-hydroxylation sites is 1. The normalized spacial score (nSPS) is 23.8. The summed E-state index contributed by atoms with van der Waals surface area (Å²) in [5.41, 5.74) is 0.926. The monoisotopic (exact) mass is 292 g/mol. The minimum absolute atomic E-state index is 0.357. The molecule has 3 nitrogen and oxygen atoms in total. The van der Waals surface area contributed by atoms with Crippen LogP contribution < -0.4 is 4.74 Å². The van der Waals surface area contributed by atoms with Crippen molar-refractivity contribution in [3.8, 4) is 5.75 Å². The van der Waals surface area contributed by atoms with Crippen molar-refractivity contribution in [1.82, 2.24) is 0 Å². The fourth-order valence-electron chi connectivity index (χ4n) is 3.34. The van der Waals surface area contributed by atoms with Gasteiger partial charge in [-0.05, 0) is 30.7 Å². The first-order valence-electron chi connectivity index (χ1n) is 8.15. The molecule has 2 rings (SSSR count). The molecule has 1 saturated carbocycles. The molecule has 1 aliphatic rings. The third kappa shape index (κ3) is 4.45. The SMILES string of the molecule is CCC1CCCC(C(O)c2ccccc2OCCOC)C1. The second-order valence-corrected chi connectivity index (χ2v) is 6.02. The van der Waals surface area contributed by atoms with Gasteiger partial charge in [-0.2, -0.15) is 0 Å². The van der Waals surface area contributed by atoms with Crippen LogP contribution in [0.3, 0.4) is 0 Å². The Labute approximate surface area is 128 Å². The zero-order valence-corrected chi connectivity index (χ0v) is 13.3. The number of aliphatic hydroxyl groups is 1. The van der Waals surface area contributed by atoms with Crippen LogP contribution in [0.4, 0.5) is 0 Å². The zero-order valence-electron chi connectivity index (χ0n) is 13.3. The van der Waals surface area contributed by atoms with Crippen LogP contribution in [0.2, 0.25) is 0 Å². The highest BCUT2D eigenvalue weighted by molar-refractivity contribution is 5.35. The van der Waals surface area contributed by atoms with Crippen LogP contribution in [0.25, 0.3) is 0 Å². The van der Waals surface area contributed by atoms with Gasteiger partial charge in [-0.15, -0.1) is 0 Å². The van der Waals surface area contributed by atoms with Gasteiger partial charge in [-0.3, -0.25) is 0 Å². The molecule has 0 radical (unpaired) electrons. The van der Waals surface area contributed by atoms with E-state index >= 15 is 0 Å². The summed E-state index contributed by atoms with van der Waals surface area (Å²) in [7, 11) is 1.66. The average molecular weight is 292 g/mol. The van der Waals surface area contributed by atoms with Crippen molar-refractivity contribution in [2.24, 2.45) is 11.8 Å². The molecule has 3 unspecified atom stereocenters. The average Bonchev–Trinajstić information content (AvgIpc) is 2.55. The molecule has 0 heterocycles. The lowest BCUT2D eigenvalue weighted by Gasteiger charge is -2.32. The van der Waals surface area contributed by atoms with Gasteiger partial charge in [-0.1, -0.05) is 44.4 Å². The highest BCUT2D eigenvalue weighted by Crippen LogP contribution is 2.40. The van der Waals surface area contributed by atoms with Crippen LogP contribution in [-0.4, -0.2) is 25.4 Å². The topological polar surface area (TPSA) is 38.7 Å². The van der Waals surface area contributed by atoms with Crippen molar-refractivity contribution in [1.29, 1.82) is 0 Å². The molecule has 1 aromatic carbocycles. The Morgan fingerprint density at radius 3 is 2.81 bits per heavy atom. The summed E-state index contributed by atoms with van der Waals surface area (Å²) in [5.74, 6) is 1.91. The Kier molecular flexibility index (Phi) is 6.52. The van der Waals surface area contributed by atoms with Crippen LogP contribution in [0.5, 0.6) is 5.75 Å². The summed E-state index contributed by atoms with van der Waals surface area (Å²) in [6, 6.07) is 7.85. The van der Waals surface area contributed by atoms with Gasteiger partial charge in [0.1, 0.15) is 12.4 Å². The Bertz CT molecular complexity index is 419. The molecule has 3 heteroatoms. The Hall–Kier alpha value is -1.06. The molecule has 0 aliphatic heterocycles. The van der Waals surface area contributed by atoms with Gasteiger partial charge in [0.25, 0.3) is 0 Å². The summed E-state index contributed by atoms with van der Waals surface area (Å²) in [6.45, 7) is 3.33. The number of ether oxygens (including phenoxy) is 2. The Balaban J connectivity index is 2.05. The van der Waals surface area contributed by atoms with Crippen molar-refractivity contribution in [3.05, 3.63) is 29.8 Å². The van der Waals surface area contributed by atoms with Gasteiger partial charge in [-0.25, -0.2) is 0 Å². The molecular weight excluding hydrogens is 264 g/mol. The predicted octanol–water partition coefficient (Wildman–Crippen LogP) is 3.96. The molecular formula is C18H28O3. The van der Waals surface area contributed by atoms with E-state index in [4.69, 9.17) is 9.47 Å². The lowest BCUT2D eigenvalue weighted by atomic mass is 9.76. The van der Waals surface area contributed by atoms with E-state index in [1.807, 2.05) is 24.3 Å². The number of hydrogen-bond donors (Lipinski definition) is 1. The quantitative estimate of drug-likeness (QED) is 0.773. The maximum atomic E-state index is 10.8. The molecule has 0 saturated heterocycles. The van der Waals surface area contributed by atoms with E-state index < -0.39 is 6.10 Å². The maximum absolute atomic E-state index is 10.8. The number of benzene rings is 1. The Morgan fingerprint density at radius 1 is 1.24 bits per heavy atom. The summed E-state index contributed by atoms with van der Waals surface area (Å²) >= 11 is 0. The summed E-state index contributed by atoms with van der Waals surface area (Å²) in [4.78, 5) is 0. The summed E-state index contributed by atoms with van der Waals surface area (Å²) < 4.78 is 10.8. The van der Waals surface area contributed by atoms with Crippen molar-refractivity contribution < 1.29 is 14.6 Å². The number of rotatable bonds is 7. The third-order valence-electron chi connectivity index (χ3n) is 4.63. The van der Waals surface area contributed by atoms with Crippen molar-refractivity contribution in [3.63, 3.8) is 0 Å². The second-order valence-electron chi connectivity index (χ2n) is 6.02. The van der Waals surface area contributed by atoms with E-state index in [1.165, 1.54) is 19.3 Å². The largest absolute Gasteiger partial charge is 0.491 e. The molecule has 0 spiro atoms. The van der Waals surface area contributed by atoms with E-state index in [0.717, 1.165) is 30.1 Å². The van der Waals surface area contributed by atoms with Gasteiger partial charge >= 0.3 is 0 Å². The van der Waals surface area contributed by atoms with Gasteiger partial charge in [0.05, 0.1) is 12.7 Å². The highest BCUT2D eigenvalue weighted by atomic mass is 16.5. The first kappa shape index (κ1) is 16.3. The molecule has 1 aromatic rings. The molecule has 3 atom stereocenters. The fourth-order valence-corrected chi connectivity index (χ4v) is 3.34. The minimum Gasteiger partial charge on any atom is -0.491 e. The van der Waals surface area contributed by atoms with E-state index in [2.05, 4.69) is 6.92 Å². The molecule has 21 heavy (non-hydrogen) atoms. The number of methoxy groups -OCH3 is 1. The maximum Gasteiger partial charge on any atom is 0.125 e. The van der Waals surface area contributed by atoms with E-state index in [-0.39, 0.29) is 0 Å². The van der Waals surface area contributed by atoms with Crippen LogP contribution in [0.15, 0.2) is 24.3 Å². The van der Waals surface area contributed by atoms with Crippen molar-refractivity contribution in [2.45, 2.75) is 45.1 Å². The molecule has 1 aliphatic carbocycles. The summed E-state index contributed by atoms with van der Waals surface area (Å²) in [6.07, 6.45) is 5.58. The van der Waals surface area contributed by atoms with Gasteiger partial charge in [0.15, 0.2) is 0 Å². The standard InChI is InChI=1S/C18H28O3/c1-3-14-7-6-8-15(13-14)18(19)16-9-4-5-10-17(16)21-12-11-20-2/h4-5,9-10,14-15,18-19H,3,6-8,11-13H2,1-2H3. The zero-order chi connectivity index (χ0) is 15.1. The lowest BCUT2D eigenvalue weighted by Crippen LogP contribution is -2.22. The van der Waals surface area contributed by atoms with Crippen molar-refractivity contribution >= 4 is 0 Å². The number of hydrogen-bond acceptors (Lipinski definition) is 3. The van der Waals surface area contributed by atoms with Crippen LogP contribution >= 0.6 is 0 Å². The van der Waals surface area contributed by atoms with Crippen LogP contribution in [-0.2, 0) is 4.74 Å². The molecule has 1 N–H and O–H groups in total. The second kappa shape index (κ2) is 8.40. The van der Waals surface area contributed by atoms with Gasteiger partial charge < -0.3 is 14.6 Å². The molecule has 118 valence electrons. The van der Waals surface area contributed by atoms with Gasteiger partial charge in [0.2, 0.25) is 0 Å². The third-order valence-corrected chi connectivity index (χ3v) is 4.63. The first-order chi connectivity index (χ1) is 10.3. The number of aliphatic hydroxyl groups excluding tert-OH is 1. The van der Waals surface area contributed by atoms with Crippen LogP contribution in [0.1, 0.15) is 50.7 Å². The first-order valence-corrected chi connectivity index (χ1v) is 8.15. The van der Waals surface area contributed by atoms with E-state index in [1.54, 1.807) is 7.11 Å². The molecule has 0 bridgehead atoms. The van der Waals surface area contributed by atoms with Crippen molar-refractivity contribution in [2.75, 3.05) is 20.3 Å². The minimum atomic E-state index is -0.418. The van der Waals surface area contributed by atoms with Crippen LogP contribution in [0, 0.1) is 11.8 Å². The molecule has 1 fully saturated rings. The van der Waals surface area contributed by atoms with E-state index in [9.17, 15) is 5.11 Å². The lowest BCUT2D eigenvalue weighted by molar-refractivity contribution is 0.0640. The van der Waals surface area contributed by atoms with E-state index in [0.29, 0.717) is 19.1 Å². The smallest absolute Gasteiger partial charge is 0.125 e. The Morgan fingerprint density at radius 2 is 2.05 bits per heavy atom. The predicted molar refractivity (Wildman–Crippen MR) is 84.5 cm³/mol. The molecule has 0 aromatic heterocycles. The molecule has 0 amide bonds.